The van der Waals surface area contributed by atoms with Crippen LogP contribution in [0.2, 0.25) is 0 Å². The molecule has 0 spiro atoms. The SMILES string of the molecule is CCCC(C)C(=O)O[C@H]1[C@H](OC(=O)C(C)CC)[C@@H](OC(=O)C(C)CC)[C@@H](O[C@]2(CO)O[C@H](CO)[C@@H](OC(C)=O)[C@@H]2O)O[C@@H]1CO. The van der Waals surface area contributed by atoms with Crippen molar-refractivity contribution in [2.75, 3.05) is 19.8 Å². The number of ether oxygens (including phenoxy) is 7. The molecule has 0 radical (unpaired) electrons. The van der Waals surface area contributed by atoms with Crippen LogP contribution in [0.1, 0.15) is 74.1 Å². The summed E-state index contributed by atoms with van der Waals surface area (Å²) in [4.78, 5) is 51.1. The van der Waals surface area contributed by atoms with E-state index in [0.717, 1.165) is 6.92 Å². The maximum absolute atomic E-state index is 13.2. The highest BCUT2D eigenvalue weighted by molar-refractivity contribution is 5.74. The predicted molar refractivity (Wildman–Crippen MR) is 153 cm³/mol. The Hall–Kier alpha value is -2.40. The number of carbonyl (C=O) groups excluding carboxylic acids is 4. The van der Waals surface area contributed by atoms with Gasteiger partial charge in [-0.15, -0.1) is 0 Å². The molecule has 0 aliphatic carbocycles. The summed E-state index contributed by atoms with van der Waals surface area (Å²) in [6.07, 6.45) is -10.8. The molecule has 0 saturated carbocycles. The Bertz CT molecular complexity index is 990. The standard InChI is InChI=1S/C30H50O15/c1-8-11-17(6)28(38)41-21-19(12-31)40-29(45-30(14-33)25(35)22(39-18(7)34)20(13-32)44-30)24(43-27(37)16(5)10-3)23(21)42-26(36)15(4)9-2/h15-17,19-25,29,31-33,35H,8-14H2,1-7H3/t15?,16?,17?,19-,20-,21-,22-,23+,24-,25+,29-,30+/m1/s1. The summed E-state index contributed by atoms with van der Waals surface area (Å²) in [5.74, 6) is -7.22. The van der Waals surface area contributed by atoms with Crippen LogP contribution in [0.15, 0.2) is 0 Å². The van der Waals surface area contributed by atoms with Gasteiger partial charge in [0.15, 0.2) is 24.4 Å². The fourth-order valence-electron chi connectivity index (χ4n) is 4.94. The molecule has 0 bridgehead atoms. The zero-order valence-electron chi connectivity index (χ0n) is 27.1. The molecule has 12 atom stereocenters. The van der Waals surface area contributed by atoms with Crippen molar-refractivity contribution in [2.45, 2.75) is 129 Å². The average Bonchev–Trinajstić information content (AvgIpc) is 3.28. The van der Waals surface area contributed by atoms with Crippen LogP contribution in [0, 0.1) is 17.8 Å². The van der Waals surface area contributed by atoms with Gasteiger partial charge in [-0.1, -0.05) is 48.0 Å². The van der Waals surface area contributed by atoms with Crippen LogP contribution >= 0.6 is 0 Å². The van der Waals surface area contributed by atoms with Gasteiger partial charge in [0, 0.05) is 6.92 Å². The van der Waals surface area contributed by atoms with E-state index in [9.17, 15) is 39.6 Å². The lowest BCUT2D eigenvalue weighted by Gasteiger charge is -2.46. The molecule has 0 aromatic rings. The third kappa shape index (κ3) is 9.33. The van der Waals surface area contributed by atoms with Crippen LogP contribution in [0.25, 0.3) is 0 Å². The molecule has 2 rings (SSSR count). The summed E-state index contributed by atoms with van der Waals surface area (Å²) in [5, 5.41) is 41.7. The minimum absolute atomic E-state index is 0.367. The number of aliphatic hydroxyl groups is 4. The Labute approximate surface area is 263 Å². The second kappa shape index (κ2) is 17.5. The third-order valence-electron chi connectivity index (χ3n) is 8.18. The highest BCUT2D eigenvalue weighted by atomic mass is 16.8. The van der Waals surface area contributed by atoms with Crippen molar-refractivity contribution in [3.63, 3.8) is 0 Å². The summed E-state index contributed by atoms with van der Waals surface area (Å²) in [7, 11) is 0. The molecule has 2 fully saturated rings. The molecule has 2 saturated heterocycles. The van der Waals surface area contributed by atoms with E-state index in [2.05, 4.69) is 0 Å². The highest BCUT2D eigenvalue weighted by Gasteiger charge is 2.62. The van der Waals surface area contributed by atoms with Crippen molar-refractivity contribution in [1.82, 2.24) is 0 Å². The zero-order valence-corrected chi connectivity index (χ0v) is 27.1. The van der Waals surface area contributed by atoms with E-state index in [-0.39, 0.29) is 0 Å². The van der Waals surface area contributed by atoms with Crippen molar-refractivity contribution in [2.24, 2.45) is 17.8 Å². The van der Waals surface area contributed by atoms with Crippen LogP contribution in [0.3, 0.4) is 0 Å². The quantitative estimate of drug-likeness (QED) is 0.131. The summed E-state index contributed by atoms with van der Waals surface area (Å²) in [6.45, 7) is 8.70. The molecule has 15 nitrogen and oxygen atoms in total. The Morgan fingerprint density at radius 1 is 0.733 bits per heavy atom. The van der Waals surface area contributed by atoms with E-state index in [4.69, 9.17) is 33.2 Å². The van der Waals surface area contributed by atoms with Crippen LogP contribution in [-0.2, 0) is 52.3 Å². The Morgan fingerprint density at radius 3 is 1.71 bits per heavy atom. The molecule has 45 heavy (non-hydrogen) atoms. The fraction of sp³-hybridized carbons (Fsp3) is 0.867. The van der Waals surface area contributed by atoms with Crippen molar-refractivity contribution >= 4 is 23.9 Å². The minimum atomic E-state index is -2.41. The first-order valence-corrected chi connectivity index (χ1v) is 15.5. The summed E-state index contributed by atoms with van der Waals surface area (Å²) in [5.41, 5.74) is 0. The molecule has 2 heterocycles. The van der Waals surface area contributed by atoms with Gasteiger partial charge in [-0.25, -0.2) is 0 Å². The van der Waals surface area contributed by atoms with E-state index < -0.39 is 116 Å². The lowest BCUT2D eigenvalue weighted by atomic mass is 9.96. The van der Waals surface area contributed by atoms with E-state index in [1.54, 1.807) is 34.6 Å². The number of aliphatic hydroxyl groups excluding tert-OH is 4. The number of carbonyl (C=O) groups is 4. The molecule has 0 amide bonds. The van der Waals surface area contributed by atoms with Gasteiger partial charge in [-0.3, -0.25) is 19.2 Å². The molecule has 2 aliphatic rings. The van der Waals surface area contributed by atoms with E-state index in [0.29, 0.717) is 25.7 Å². The first-order chi connectivity index (χ1) is 21.2. The van der Waals surface area contributed by atoms with Gasteiger partial charge in [0.25, 0.3) is 0 Å². The minimum Gasteiger partial charge on any atom is -0.457 e. The largest absolute Gasteiger partial charge is 0.457 e. The van der Waals surface area contributed by atoms with Crippen molar-refractivity contribution in [3.05, 3.63) is 0 Å². The monoisotopic (exact) mass is 650 g/mol. The van der Waals surface area contributed by atoms with Gasteiger partial charge < -0.3 is 53.6 Å². The van der Waals surface area contributed by atoms with Crippen LogP contribution < -0.4 is 0 Å². The number of hydrogen-bond donors (Lipinski definition) is 4. The first kappa shape index (κ1) is 38.8. The number of esters is 4. The van der Waals surface area contributed by atoms with Gasteiger partial charge in [0.2, 0.25) is 12.1 Å². The predicted octanol–water partition coefficient (Wildman–Crippen LogP) is 0.356. The summed E-state index contributed by atoms with van der Waals surface area (Å²) >= 11 is 0. The topological polar surface area (TPSA) is 214 Å². The fourth-order valence-corrected chi connectivity index (χ4v) is 4.94. The lowest BCUT2D eigenvalue weighted by molar-refractivity contribution is -0.384. The second-order valence-corrected chi connectivity index (χ2v) is 11.7. The Kier molecular flexibility index (Phi) is 15.1. The van der Waals surface area contributed by atoms with Gasteiger partial charge in [-0.05, 0) is 19.3 Å². The average molecular weight is 651 g/mol. The maximum atomic E-state index is 13.2. The number of rotatable bonds is 16. The molecular weight excluding hydrogens is 600 g/mol. The van der Waals surface area contributed by atoms with Gasteiger partial charge >= 0.3 is 23.9 Å². The van der Waals surface area contributed by atoms with E-state index >= 15 is 0 Å². The summed E-state index contributed by atoms with van der Waals surface area (Å²) < 4.78 is 40.1. The van der Waals surface area contributed by atoms with Crippen molar-refractivity contribution in [3.8, 4) is 0 Å². The van der Waals surface area contributed by atoms with Gasteiger partial charge in [0.1, 0.15) is 24.9 Å². The van der Waals surface area contributed by atoms with Gasteiger partial charge in [-0.2, -0.15) is 0 Å². The third-order valence-corrected chi connectivity index (χ3v) is 8.18. The normalized spacial score (nSPS) is 33.5. The molecule has 3 unspecified atom stereocenters. The van der Waals surface area contributed by atoms with E-state index in [1.165, 1.54) is 0 Å². The zero-order chi connectivity index (χ0) is 34.1. The Balaban J connectivity index is 2.64. The molecule has 0 aromatic heterocycles. The molecule has 15 heteroatoms. The van der Waals surface area contributed by atoms with Crippen LogP contribution in [0.4, 0.5) is 0 Å². The van der Waals surface area contributed by atoms with Crippen molar-refractivity contribution < 1.29 is 72.8 Å². The maximum Gasteiger partial charge on any atom is 0.309 e. The van der Waals surface area contributed by atoms with Gasteiger partial charge in [0.05, 0.1) is 31.0 Å². The summed E-state index contributed by atoms with van der Waals surface area (Å²) in [6, 6.07) is 0. The molecule has 0 aromatic carbocycles. The Morgan fingerprint density at radius 2 is 1.24 bits per heavy atom. The van der Waals surface area contributed by atoms with Crippen molar-refractivity contribution in [1.29, 1.82) is 0 Å². The molecule has 2 aliphatic heterocycles. The second-order valence-electron chi connectivity index (χ2n) is 11.7. The van der Waals surface area contributed by atoms with Crippen LogP contribution in [-0.4, -0.2) is 119 Å². The molecular formula is C30H50O15. The number of hydrogen-bond acceptors (Lipinski definition) is 15. The highest BCUT2D eigenvalue weighted by Crippen LogP contribution is 2.39. The van der Waals surface area contributed by atoms with Crippen LogP contribution in [0.5, 0.6) is 0 Å². The molecule has 4 N–H and O–H groups in total. The lowest BCUT2D eigenvalue weighted by Crippen LogP contribution is -2.65. The smallest absolute Gasteiger partial charge is 0.309 e. The first-order valence-electron chi connectivity index (χ1n) is 15.5. The van der Waals surface area contributed by atoms with E-state index in [1.807, 2.05) is 6.92 Å². The molecule has 260 valence electrons.